The molecule has 0 aromatic heterocycles. The summed E-state index contributed by atoms with van der Waals surface area (Å²) in [7, 11) is -4.08. The quantitative estimate of drug-likeness (QED) is 0.588. The maximum Gasteiger partial charge on any atom is 0.242 e. The molecule has 0 fully saturated rings. The number of Topliss-reactive ketones (excluding diaryl/α,β-unsaturated/α-hetero) is 1. The number of carbonyl (C=O) groups is 3. The Labute approximate surface area is 175 Å². The van der Waals surface area contributed by atoms with Crippen LogP contribution in [-0.4, -0.2) is 43.6 Å². The van der Waals surface area contributed by atoms with Crippen LogP contribution < -0.4 is 15.4 Å². The molecule has 0 heterocycles. The van der Waals surface area contributed by atoms with Gasteiger partial charge in [0.1, 0.15) is 16.8 Å². The van der Waals surface area contributed by atoms with Crippen molar-refractivity contribution in [3.05, 3.63) is 54.1 Å². The third kappa shape index (κ3) is 6.15. The number of anilines is 2. The fourth-order valence-electron chi connectivity index (χ4n) is 2.57. The number of para-hydroxylation sites is 2. The normalized spacial score (nSPS) is 12.0. The molecular weight excluding hydrogens is 408 g/mol. The molecular formula is C21H24N2O6S. The molecule has 0 saturated carbocycles. The summed E-state index contributed by atoms with van der Waals surface area (Å²) in [6.45, 7) is 4.76. The fourth-order valence-corrected chi connectivity index (χ4v) is 3.64. The Morgan fingerprint density at radius 1 is 1.03 bits per heavy atom. The van der Waals surface area contributed by atoms with Gasteiger partial charge in [-0.05, 0) is 45.0 Å². The van der Waals surface area contributed by atoms with Crippen molar-refractivity contribution < 1.29 is 27.5 Å². The van der Waals surface area contributed by atoms with Crippen LogP contribution in [0.5, 0.6) is 5.75 Å². The van der Waals surface area contributed by atoms with E-state index in [1.807, 2.05) is 0 Å². The third-order valence-corrected chi connectivity index (χ3v) is 6.19. The van der Waals surface area contributed by atoms with Gasteiger partial charge in [0.2, 0.25) is 11.8 Å². The van der Waals surface area contributed by atoms with Crippen molar-refractivity contribution in [2.75, 3.05) is 23.0 Å². The number of benzene rings is 2. The van der Waals surface area contributed by atoms with Crippen molar-refractivity contribution in [2.24, 2.45) is 0 Å². The van der Waals surface area contributed by atoms with Gasteiger partial charge in [0.25, 0.3) is 0 Å². The lowest BCUT2D eigenvalue weighted by Gasteiger charge is -2.15. The van der Waals surface area contributed by atoms with Gasteiger partial charge in [-0.1, -0.05) is 24.3 Å². The SMILES string of the molecule is CCOc1ccccc1NC(=O)CS(=O)(=O)C(C)C(=O)Nc1cccc(C(C)=O)c1. The van der Waals surface area contributed by atoms with Crippen molar-refractivity contribution in [1.29, 1.82) is 0 Å². The van der Waals surface area contributed by atoms with E-state index < -0.39 is 32.7 Å². The van der Waals surface area contributed by atoms with Crippen LogP contribution in [0.4, 0.5) is 11.4 Å². The van der Waals surface area contributed by atoms with Crippen LogP contribution in [0.1, 0.15) is 31.1 Å². The standard InChI is InChI=1S/C21H24N2O6S/c1-4-29-19-11-6-5-10-18(19)23-20(25)13-30(27,28)15(3)21(26)22-17-9-7-8-16(12-17)14(2)24/h5-12,15H,4,13H2,1-3H3,(H,22,26)(H,23,25). The van der Waals surface area contributed by atoms with E-state index in [4.69, 9.17) is 4.74 Å². The number of nitrogens with one attached hydrogen (secondary N) is 2. The van der Waals surface area contributed by atoms with E-state index in [9.17, 15) is 22.8 Å². The first kappa shape index (κ1) is 23.1. The van der Waals surface area contributed by atoms with E-state index in [-0.39, 0.29) is 5.78 Å². The van der Waals surface area contributed by atoms with Gasteiger partial charge in [-0.15, -0.1) is 0 Å². The van der Waals surface area contributed by atoms with E-state index in [1.165, 1.54) is 19.9 Å². The molecule has 1 atom stereocenters. The van der Waals surface area contributed by atoms with Crippen LogP contribution in [0, 0.1) is 0 Å². The van der Waals surface area contributed by atoms with Crippen LogP contribution in [-0.2, 0) is 19.4 Å². The average Bonchev–Trinajstić information content (AvgIpc) is 2.68. The lowest BCUT2D eigenvalue weighted by atomic mass is 10.1. The van der Waals surface area contributed by atoms with Crippen LogP contribution in [0.25, 0.3) is 0 Å². The van der Waals surface area contributed by atoms with Crippen molar-refractivity contribution in [2.45, 2.75) is 26.0 Å². The molecule has 2 rings (SSSR count). The smallest absolute Gasteiger partial charge is 0.242 e. The summed E-state index contributed by atoms with van der Waals surface area (Å²) >= 11 is 0. The van der Waals surface area contributed by atoms with Crippen molar-refractivity contribution >= 4 is 38.8 Å². The maximum atomic E-state index is 12.5. The molecule has 1 unspecified atom stereocenters. The highest BCUT2D eigenvalue weighted by Crippen LogP contribution is 2.23. The van der Waals surface area contributed by atoms with Gasteiger partial charge in [0.15, 0.2) is 15.6 Å². The number of hydrogen-bond donors (Lipinski definition) is 2. The van der Waals surface area contributed by atoms with E-state index in [0.29, 0.717) is 29.3 Å². The molecule has 2 N–H and O–H groups in total. The molecule has 0 aliphatic carbocycles. The largest absolute Gasteiger partial charge is 0.492 e. The summed E-state index contributed by atoms with van der Waals surface area (Å²) in [5.41, 5.74) is 1.03. The summed E-state index contributed by atoms with van der Waals surface area (Å²) < 4.78 is 30.5. The lowest BCUT2D eigenvalue weighted by molar-refractivity contribution is -0.115. The number of sulfone groups is 1. The number of rotatable bonds is 9. The Bertz CT molecular complexity index is 1050. The fraction of sp³-hybridized carbons (Fsp3) is 0.286. The Morgan fingerprint density at radius 3 is 2.40 bits per heavy atom. The van der Waals surface area contributed by atoms with Gasteiger partial charge in [0.05, 0.1) is 12.3 Å². The minimum absolute atomic E-state index is 0.184. The molecule has 160 valence electrons. The summed E-state index contributed by atoms with van der Waals surface area (Å²) in [5, 5.41) is 3.51. The molecule has 2 aromatic carbocycles. The van der Waals surface area contributed by atoms with E-state index in [2.05, 4.69) is 10.6 Å². The van der Waals surface area contributed by atoms with Crippen molar-refractivity contribution in [3.8, 4) is 5.75 Å². The maximum absolute atomic E-state index is 12.5. The molecule has 30 heavy (non-hydrogen) atoms. The number of ether oxygens (including phenoxy) is 1. The first-order valence-corrected chi connectivity index (χ1v) is 11.0. The van der Waals surface area contributed by atoms with Gasteiger partial charge in [-0.2, -0.15) is 0 Å². The predicted octanol–water partition coefficient (Wildman–Crippen LogP) is 2.67. The first-order valence-electron chi connectivity index (χ1n) is 9.29. The average molecular weight is 432 g/mol. The van der Waals surface area contributed by atoms with Gasteiger partial charge < -0.3 is 15.4 Å². The van der Waals surface area contributed by atoms with Gasteiger partial charge in [-0.25, -0.2) is 8.42 Å². The topological polar surface area (TPSA) is 119 Å². The number of carbonyl (C=O) groups excluding carboxylic acids is 3. The zero-order valence-electron chi connectivity index (χ0n) is 17.0. The molecule has 0 aliphatic heterocycles. The molecule has 9 heteroatoms. The molecule has 0 radical (unpaired) electrons. The number of amides is 2. The minimum atomic E-state index is -4.08. The Morgan fingerprint density at radius 2 is 1.73 bits per heavy atom. The van der Waals surface area contributed by atoms with Gasteiger partial charge in [-0.3, -0.25) is 14.4 Å². The minimum Gasteiger partial charge on any atom is -0.492 e. The molecule has 0 aliphatic rings. The van der Waals surface area contributed by atoms with Gasteiger partial charge >= 0.3 is 0 Å². The van der Waals surface area contributed by atoms with Crippen LogP contribution >= 0.6 is 0 Å². The monoisotopic (exact) mass is 432 g/mol. The molecule has 8 nitrogen and oxygen atoms in total. The third-order valence-electron chi connectivity index (χ3n) is 4.24. The first-order chi connectivity index (χ1) is 14.1. The molecule has 0 saturated heterocycles. The van der Waals surface area contributed by atoms with Crippen LogP contribution in [0.2, 0.25) is 0 Å². The highest BCUT2D eigenvalue weighted by atomic mass is 32.2. The molecule has 2 aromatic rings. The van der Waals surface area contributed by atoms with Crippen molar-refractivity contribution in [1.82, 2.24) is 0 Å². The highest BCUT2D eigenvalue weighted by Gasteiger charge is 2.30. The molecule has 2 amide bonds. The van der Waals surface area contributed by atoms with E-state index >= 15 is 0 Å². The molecule has 0 spiro atoms. The summed E-state index contributed by atoms with van der Waals surface area (Å²) in [6, 6.07) is 12.8. The summed E-state index contributed by atoms with van der Waals surface area (Å²) in [4.78, 5) is 36.1. The second-order valence-corrected chi connectivity index (χ2v) is 8.87. The Hall–Kier alpha value is -3.20. The second kappa shape index (κ2) is 10.0. The van der Waals surface area contributed by atoms with E-state index in [1.54, 1.807) is 49.4 Å². The Balaban J connectivity index is 2.05. The van der Waals surface area contributed by atoms with Gasteiger partial charge in [0, 0.05) is 11.3 Å². The lowest BCUT2D eigenvalue weighted by Crippen LogP contribution is -2.37. The van der Waals surface area contributed by atoms with Crippen molar-refractivity contribution in [3.63, 3.8) is 0 Å². The highest BCUT2D eigenvalue weighted by molar-refractivity contribution is 7.93. The molecule has 0 bridgehead atoms. The summed E-state index contributed by atoms with van der Waals surface area (Å²) in [6.07, 6.45) is 0. The summed E-state index contributed by atoms with van der Waals surface area (Å²) in [5.74, 6) is -2.20. The Kier molecular flexibility index (Phi) is 7.71. The predicted molar refractivity (Wildman–Crippen MR) is 115 cm³/mol. The number of ketones is 1. The van der Waals surface area contributed by atoms with Crippen LogP contribution in [0.15, 0.2) is 48.5 Å². The van der Waals surface area contributed by atoms with E-state index in [0.717, 1.165) is 0 Å². The van der Waals surface area contributed by atoms with Crippen LogP contribution in [0.3, 0.4) is 0 Å². The zero-order chi connectivity index (χ0) is 22.3. The second-order valence-electron chi connectivity index (χ2n) is 6.55. The number of hydrogen-bond acceptors (Lipinski definition) is 6. The zero-order valence-corrected chi connectivity index (χ0v) is 17.8.